The van der Waals surface area contributed by atoms with Crippen LogP contribution in [0.3, 0.4) is 0 Å². The summed E-state index contributed by atoms with van der Waals surface area (Å²) in [6, 6.07) is 9.03. The van der Waals surface area contributed by atoms with E-state index in [1.807, 2.05) is 30.3 Å². The molecule has 2 rings (SSSR count). The average Bonchev–Trinajstić information content (AvgIpc) is 2.48. The fourth-order valence-corrected chi connectivity index (χ4v) is 2.89. The monoisotopic (exact) mass is 292 g/mol. The van der Waals surface area contributed by atoms with Gasteiger partial charge in [-0.1, -0.05) is 30.3 Å². The van der Waals surface area contributed by atoms with Gasteiger partial charge < -0.3 is 10.2 Å². The van der Waals surface area contributed by atoms with Crippen molar-refractivity contribution in [3.05, 3.63) is 35.9 Å². The van der Waals surface area contributed by atoms with Crippen LogP contribution < -0.4 is 5.32 Å². The summed E-state index contributed by atoms with van der Waals surface area (Å²) in [5.74, 6) is 1.01. The molecule has 20 heavy (non-hydrogen) atoms. The molecule has 1 aliphatic rings. The molecule has 1 saturated heterocycles. The van der Waals surface area contributed by atoms with Gasteiger partial charge in [0.1, 0.15) is 6.04 Å². The SMILES string of the molecule is CSCCCCN1C(=O)CNC(=O)C1c1ccccc1. The Morgan fingerprint density at radius 3 is 2.70 bits per heavy atom. The lowest BCUT2D eigenvalue weighted by molar-refractivity contribution is -0.146. The fraction of sp³-hybridized carbons (Fsp3) is 0.467. The van der Waals surface area contributed by atoms with Crippen molar-refractivity contribution in [3.63, 3.8) is 0 Å². The van der Waals surface area contributed by atoms with Crippen LogP contribution in [0, 0.1) is 0 Å². The van der Waals surface area contributed by atoms with Crippen LogP contribution in [0.15, 0.2) is 30.3 Å². The number of benzene rings is 1. The summed E-state index contributed by atoms with van der Waals surface area (Å²) in [6.45, 7) is 0.761. The molecule has 0 spiro atoms. The van der Waals surface area contributed by atoms with Crippen molar-refractivity contribution >= 4 is 23.6 Å². The molecular weight excluding hydrogens is 272 g/mol. The topological polar surface area (TPSA) is 49.4 Å². The van der Waals surface area contributed by atoms with E-state index in [1.54, 1.807) is 16.7 Å². The molecule has 108 valence electrons. The molecule has 4 nitrogen and oxygen atoms in total. The zero-order chi connectivity index (χ0) is 14.4. The Kier molecular flexibility index (Phi) is 5.47. The molecule has 0 aliphatic carbocycles. The molecule has 0 aromatic heterocycles. The largest absolute Gasteiger partial charge is 0.345 e. The summed E-state index contributed by atoms with van der Waals surface area (Å²) in [4.78, 5) is 25.9. The number of carbonyl (C=O) groups is 2. The third-order valence-corrected chi connectivity index (χ3v) is 4.10. The van der Waals surface area contributed by atoms with Crippen LogP contribution in [0.25, 0.3) is 0 Å². The Balaban J connectivity index is 2.11. The molecule has 0 saturated carbocycles. The van der Waals surface area contributed by atoms with Crippen LogP contribution in [0.1, 0.15) is 24.4 Å². The van der Waals surface area contributed by atoms with E-state index in [0.717, 1.165) is 24.2 Å². The highest BCUT2D eigenvalue weighted by atomic mass is 32.2. The van der Waals surface area contributed by atoms with E-state index in [9.17, 15) is 9.59 Å². The maximum absolute atomic E-state index is 12.1. The second-order valence-electron chi connectivity index (χ2n) is 4.82. The minimum Gasteiger partial charge on any atom is -0.345 e. The van der Waals surface area contributed by atoms with E-state index >= 15 is 0 Å². The highest BCUT2D eigenvalue weighted by Crippen LogP contribution is 2.24. The zero-order valence-electron chi connectivity index (χ0n) is 11.7. The lowest BCUT2D eigenvalue weighted by Crippen LogP contribution is -2.53. The first-order valence-electron chi connectivity index (χ1n) is 6.85. The normalized spacial score (nSPS) is 19.1. The number of amides is 2. The van der Waals surface area contributed by atoms with Crippen molar-refractivity contribution in [2.24, 2.45) is 0 Å². The van der Waals surface area contributed by atoms with Gasteiger partial charge in [-0.3, -0.25) is 9.59 Å². The summed E-state index contributed by atoms with van der Waals surface area (Å²) < 4.78 is 0. The third kappa shape index (κ3) is 3.54. The first kappa shape index (κ1) is 14.9. The Morgan fingerprint density at radius 2 is 2.00 bits per heavy atom. The lowest BCUT2D eigenvalue weighted by Gasteiger charge is -2.35. The van der Waals surface area contributed by atoms with Crippen LogP contribution in [0.2, 0.25) is 0 Å². The molecule has 1 heterocycles. The predicted molar refractivity (Wildman–Crippen MR) is 81.5 cm³/mol. The first-order chi connectivity index (χ1) is 9.74. The predicted octanol–water partition coefficient (Wildman–Crippen LogP) is 1.83. The molecule has 0 radical (unpaired) electrons. The highest BCUT2D eigenvalue weighted by molar-refractivity contribution is 7.98. The molecule has 5 heteroatoms. The highest BCUT2D eigenvalue weighted by Gasteiger charge is 2.34. The van der Waals surface area contributed by atoms with Crippen LogP contribution in [0.4, 0.5) is 0 Å². The van der Waals surface area contributed by atoms with Crippen molar-refractivity contribution in [2.45, 2.75) is 18.9 Å². The van der Waals surface area contributed by atoms with Crippen molar-refractivity contribution in [2.75, 3.05) is 25.1 Å². The molecule has 0 bridgehead atoms. The molecule has 1 aromatic rings. The molecule has 1 N–H and O–H groups in total. The number of rotatable bonds is 6. The van der Waals surface area contributed by atoms with Crippen molar-refractivity contribution in [3.8, 4) is 0 Å². The first-order valence-corrected chi connectivity index (χ1v) is 8.24. The standard InChI is InChI=1S/C15H20N2O2S/c1-20-10-6-5-9-17-13(18)11-16-15(19)14(17)12-7-3-2-4-8-12/h2-4,7-8,14H,5-6,9-11H2,1H3,(H,16,19). The van der Waals surface area contributed by atoms with Crippen molar-refractivity contribution in [1.82, 2.24) is 10.2 Å². The molecule has 1 unspecified atom stereocenters. The van der Waals surface area contributed by atoms with E-state index in [1.165, 1.54) is 0 Å². The fourth-order valence-electron chi connectivity index (χ4n) is 2.40. The minimum atomic E-state index is -0.480. The van der Waals surface area contributed by atoms with Gasteiger partial charge in [-0.2, -0.15) is 11.8 Å². The molecule has 2 amide bonds. The number of hydrogen-bond acceptors (Lipinski definition) is 3. The maximum Gasteiger partial charge on any atom is 0.247 e. The van der Waals surface area contributed by atoms with Gasteiger partial charge in [0.2, 0.25) is 11.8 Å². The van der Waals surface area contributed by atoms with Crippen LogP contribution in [0.5, 0.6) is 0 Å². The van der Waals surface area contributed by atoms with Crippen LogP contribution >= 0.6 is 11.8 Å². The van der Waals surface area contributed by atoms with Crippen molar-refractivity contribution < 1.29 is 9.59 Å². The summed E-state index contributed by atoms with van der Waals surface area (Å²) in [6.07, 6.45) is 4.07. The molecule has 1 atom stereocenters. The van der Waals surface area contributed by atoms with Gasteiger partial charge >= 0.3 is 0 Å². The van der Waals surface area contributed by atoms with Gasteiger partial charge in [-0.15, -0.1) is 0 Å². The number of unbranched alkanes of at least 4 members (excludes halogenated alkanes) is 1. The van der Waals surface area contributed by atoms with Crippen molar-refractivity contribution in [1.29, 1.82) is 0 Å². The summed E-state index contributed by atoms with van der Waals surface area (Å²) in [5, 5.41) is 2.68. The van der Waals surface area contributed by atoms with Gasteiger partial charge in [-0.05, 0) is 30.4 Å². The Hall–Kier alpha value is -1.49. The second-order valence-corrected chi connectivity index (χ2v) is 5.80. The smallest absolute Gasteiger partial charge is 0.247 e. The number of nitrogens with zero attached hydrogens (tertiary/aromatic N) is 1. The second kappa shape index (κ2) is 7.33. The van der Waals surface area contributed by atoms with Gasteiger partial charge in [0.05, 0.1) is 6.54 Å². The average molecular weight is 292 g/mol. The number of thioether (sulfide) groups is 1. The van der Waals surface area contributed by atoms with E-state index in [4.69, 9.17) is 0 Å². The summed E-state index contributed by atoms with van der Waals surface area (Å²) in [7, 11) is 0. The van der Waals surface area contributed by atoms with Crippen LogP contribution in [-0.2, 0) is 9.59 Å². The Morgan fingerprint density at radius 1 is 1.25 bits per heavy atom. The summed E-state index contributed by atoms with van der Waals surface area (Å²) >= 11 is 1.80. The van der Waals surface area contributed by atoms with Gasteiger partial charge in [-0.25, -0.2) is 0 Å². The molecule has 1 aliphatic heterocycles. The van der Waals surface area contributed by atoms with E-state index in [2.05, 4.69) is 11.6 Å². The van der Waals surface area contributed by atoms with E-state index in [-0.39, 0.29) is 18.4 Å². The lowest BCUT2D eigenvalue weighted by atomic mass is 10.0. The van der Waals surface area contributed by atoms with Gasteiger partial charge in [0.15, 0.2) is 0 Å². The van der Waals surface area contributed by atoms with E-state index < -0.39 is 6.04 Å². The van der Waals surface area contributed by atoms with Gasteiger partial charge in [0.25, 0.3) is 0 Å². The zero-order valence-corrected chi connectivity index (χ0v) is 12.5. The third-order valence-electron chi connectivity index (χ3n) is 3.41. The summed E-state index contributed by atoms with van der Waals surface area (Å²) in [5.41, 5.74) is 0.878. The molecule has 1 fully saturated rings. The minimum absolute atomic E-state index is 0.00241. The number of piperazine rings is 1. The quantitative estimate of drug-likeness (QED) is 0.814. The Bertz CT molecular complexity index is 464. The van der Waals surface area contributed by atoms with E-state index in [0.29, 0.717) is 6.54 Å². The number of nitrogens with one attached hydrogen (secondary N) is 1. The Labute approximate surface area is 123 Å². The van der Waals surface area contributed by atoms with Crippen LogP contribution in [-0.4, -0.2) is 41.8 Å². The van der Waals surface area contributed by atoms with Gasteiger partial charge in [0, 0.05) is 6.54 Å². The molecular formula is C15H20N2O2S. The molecule has 1 aromatic carbocycles. The maximum atomic E-state index is 12.1. The number of hydrogen-bond donors (Lipinski definition) is 1. The number of carbonyl (C=O) groups excluding carboxylic acids is 2.